The number of fused-ring (bicyclic) bond motifs is 1. The van der Waals surface area contributed by atoms with E-state index < -0.39 is 0 Å². The highest BCUT2D eigenvalue weighted by atomic mass is 15.2. The van der Waals surface area contributed by atoms with Gasteiger partial charge in [0, 0.05) is 30.9 Å². The Hall–Kier alpha value is -1.09. The number of nitrogens with one attached hydrogen (secondary N) is 1. The van der Waals surface area contributed by atoms with Crippen LogP contribution in [-0.2, 0) is 12.8 Å². The normalized spacial score (nSPS) is 25.9. The lowest BCUT2D eigenvalue weighted by molar-refractivity contribution is 0.568. The van der Waals surface area contributed by atoms with Crippen LogP contribution in [0.4, 0.5) is 5.82 Å². The van der Waals surface area contributed by atoms with Gasteiger partial charge in [0.05, 0.1) is 0 Å². The Morgan fingerprint density at radius 3 is 3.00 bits per heavy atom. The first-order chi connectivity index (χ1) is 9.40. The monoisotopic (exact) mass is 257 g/mol. The van der Waals surface area contributed by atoms with Crippen molar-refractivity contribution in [1.82, 2.24) is 10.3 Å². The zero-order chi connectivity index (χ0) is 12.7. The molecule has 3 aliphatic rings. The highest BCUT2D eigenvalue weighted by molar-refractivity contribution is 5.45. The number of anilines is 1. The molecule has 102 valence electrons. The van der Waals surface area contributed by atoms with E-state index in [2.05, 4.69) is 22.3 Å². The van der Waals surface area contributed by atoms with E-state index in [1.54, 1.807) is 0 Å². The average Bonchev–Trinajstić information content (AvgIpc) is 2.97. The Kier molecular flexibility index (Phi) is 2.95. The first-order valence-corrected chi connectivity index (χ1v) is 7.89. The van der Waals surface area contributed by atoms with Crippen LogP contribution in [0.3, 0.4) is 0 Å². The van der Waals surface area contributed by atoms with Gasteiger partial charge < -0.3 is 10.2 Å². The minimum absolute atomic E-state index is 0.660. The lowest BCUT2D eigenvalue weighted by Gasteiger charge is -2.26. The van der Waals surface area contributed by atoms with Crippen molar-refractivity contribution >= 4 is 5.82 Å². The third kappa shape index (κ3) is 2.36. The Morgan fingerprint density at radius 2 is 2.11 bits per heavy atom. The van der Waals surface area contributed by atoms with E-state index in [4.69, 9.17) is 4.98 Å². The summed E-state index contributed by atoms with van der Waals surface area (Å²) < 4.78 is 0. The van der Waals surface area contributed by atoms with Crippen molar-refractivity contribution in [3.05, 3.63) is 23.4 Å². The number of hydrogen-bond acceptors (Lipinski definition) is 3. The molecule has 0 spiro atoms. The minimum Gasteiger partial charge on any atom is -0.352 e. The molecule has 1 unspecified atom stereocenters. The molecule has 2 heterocycles. The summed E-state index contributed by atoms with van der Waals surface area (Å²) in [6.07, 6.45) is 9.09. The van der Waals surface area contributed by atoms with Crippen molar-refractivity contribution in [2.75, 3.05) is 18.0 Å². The van der Waals surface area contributed by atoms with Crippen LogP contribution >= 0.6 is 0 Å². The quantitative estimate of drug-likeness (QED) is 0.897. The Morgan fingerprint density at radius 1 is 1.16 bits per heavy atom. The summed E-state index contributed by atoms with van der Waals surface area (Å²) in [7, 11) is 0. The molecule has 1 atom stereocenters. The molecule has 1 aromatic rings. The molecule has 3 nitrogen and oxygen atoms in total. The van der Waals surface area contributed by atoms with Crippen LogP contribution < -0.4 is 10.2 Å². The molecule has 1 aliphatic heterocycles. The van der Waals surface area contributed by atoms with Crippen LogP contribution in [0, 0.1) is 0 Å². The van der Waals surface area contributed by atoms with E-state index in [1.165, 1.54) is 68.6 Å². The second-order valence-corrected chi connectivity index (χ2v) is 6.30. The maximum Gasteiger partial charge on any atom is 0.129 e. The standard InChI is InChI=1S/C16H23N3/c1-3-12-6-9-16(18-15(12)5-1)19-10-2-4-14(19)11-17-13-7-8-13/h6,9,13-14,17H,1-5,7-8,10-11H2. The fourth-order valence-corrected chi connectivity index (χ4v) is 3.51. The topological polar surface area (TPSA) is 28.2 Å². The van der Waals surface area contributed by atoms with Gasteiger partial charge >= 0.3 is 0 Å². The van der Waals surface area contributed by atoms with E-state index in [9.17, 15) is 0 Å². The molecule has 0 bridgehead atoms. The predicted octanol–water partition coefficient (Wildman–Crippen LogP) is 2.29. The smallest absolute Gasteiger partial charge is 0.129 e. The van der Waals surface area contributed by atoms with Crippen molar-refractivity contribution in [3.8, 4) is 0 Å². The van der Waals surface area contributed by atoms with Crippen molar-refractivity contribution in [3.63, 3.8) is 0 Å². The highest BCUT2D eigenvalue weighted by Gasteiger charge is 2.29. The summed E-state index contributed by atoms with van der Waals surface area (Å²) in [6.45, 7) is 2.33. The molecule has 1 N–H and O–H groups in total. The molecule has 19 heavy (non-hydrogen) atoms. The van der Waals surface area contributed by atoms with Gasteiger partial charge in [0.15, 0.2) is 0 Å². The van der Waals surface area contributed by atoms with Crippen molar-refractivity contribution < 1.29 is 0 Å². The van der Waals surface area contributed by atoms with Gasteiger partial charge in [0.2, 0.25) is 0 Å². The molecule has 0 amide bonds. The van der Waals surface area contributed by atoms with Gasteiger partial charge in [-0.3, -0.25) is 0 Å². The summed E-state index contributed by atoms with van der Waals surface area (Å²) in [5.41, 5.74) is 2.84. The molecule has 4 rings (SSSR count). The summed E-state index contributed by atoms with van der Waals surface area (Å²) in [5.74, 6) is 1.22. The number of nitrogens with zero attached hydrogens (tertiary/aromatic N) is 2. The number of aromatic nitrogens is 1. The first-order valence-electron chi connectivity index (χ1n) is 7.89. The van der Waals surface area contributed by atoms with Crippen LogP contribution in [0.25, 0.3) is 0 Å². The van der Waals surface area contributed by atoms with Crippen LogP contribution in [0.1, 0.15) is 43.4 Å². The van der Waals surface area contributed by atoms with Crippen LogP contribution in [0.2, 0.25) is 0 Å². The number of pyridine rings is 1. The molecule has 1 saturated heterocycles. The zero-order valence-electron chi connectivity index (χ0n) is 11.6. The SMILES string of the molecule is c1cc2c(nc1N1CCCC1CNC1CC1)CCC2. The van der Waals surface area contributed by atoms with Crippen LogP contribution in [0.5, 0.6) is 0 Å². The summed E-state index contributed by atoms with van der Waals surface area (Å²) in [4.78, 5) is 7.46. The second kappa shape index (κ2) is 4.78. The maximum atomic E-state index is 4.93. The molecule has 1 saturated carbocycles. The van der Waals surface area contributed by atoms with Gasteiger partial charge in [-0.1, -0.05) is 6.07 Å². The Labute approximate surface area is 115 Å². The average molecular weight is 257 g/mol. The largest absolute Gasteiger partial charge is 0.352 e. The summed E-state index contributed by atoms with van der Waals surface area (Å²) in [5, 5.41) is 3.68. The van der Waals surface area contributed by atoms with E-state index in [0.717, 1.165) is 12.6 Å². The molecule has 3 heteroatoms. The lowest BCUT2D eigenvalue weighted by Crippen LogP contribution is -2.39. The lowest BCUT2D eigenvalue weighted by atomic mass is 10.2. The molecule has 0 aromatic carbocycles. The van der Waals surface area contributed by atoms with E-state index >= 15 is 0 Å². The van der Waals surface area contributed by atoms with Gasteiger partial charge in [0.25, 0.3) is 0 Å². The second-order valence-electron chi connectivity index (χ2n) is 6.30. The molecule has 2 aliphatic carbocycles. The van der Waals surface area contributed by atoms with E-state index in [1.807, 2.05) is 0 Å². The van der Waals surface area contributed by atoms with Crippen LogP contribution in [-0.4, -0.2) is 30.2 Å². The fraction of sp³-hybridized carbons (Fsp3) is 0.688. The molecular formula is C16H23N3. The van der Waals surface area contributed by atoms with Crippen LogP contribution in [0.15, 0.2) is 12.1 Å². The third-order valence-corrected chi connectivity index (χ3v) is 4.80. The van der Waals surface area contributed by atoms with Gasteiger partial charge in [-0.15, -0.1) is 0 Å². The van der Waals surface area contributed by atoms with Gasteiger partial charge in [0.1, 0.15) is 5.82 Å². The molecule has 2 fully saturated rings. The summed E-state index contributed by atoms with van der Waals surface area (Å²) >= 11 is 0. The zero-order valence-corrected chi connectivity index (χ0v) is 11.6. The fourth-order valence-electron chi connectivity index (χ4n) is 3.51. The maximum absolute atomic E-state index is 4.93. The van der Waals surface area contributed by atoms with Crippen molar-refractivity contribution in [2.24, 2.45) is 0 Å². The number of hydrogen-bond donors (Lipinski definition) is 1. The van der Waals surface area contributed by atoms with E-state index in [-0.39, 0.29) is 0 Å². The van der Waals surface area contributed by atoms with Crippen molar-refractivity contribution in [1.29, 1.82) is 0 Å². The predicted molar refractivity (Wildman–Crippen MR) is 77.7 cm³/mol. The first kappa shape index (κ1) is 11.7. The number of aryl methyl sites for hydroxylation is 2. The molecule has 1 aromatic heterocycles. The molecular weight excluding hydrogens is 234 g/mol. The van der Waals surface area contributed by atoms with Gasteiger partial charge in [-0.05, 0) is 56.6 Å². The van der Waals surface area contributed by atoms with Crippen molar-refractivity contribution in [2.45, 2.75) is 57.0 Å². The number of rotatable bonds is 4. The third-order valence-electron chi connectivity index (χ3n) is 4.80. The highest BCUT2D eigenvalue weighted by Crippen LogP contribution is 2.28. The Balaban J connectivity index is 1.49. The summed E-state index contributed by atoms with van der Waals surface area (Å²) in [6, 6.07) is 6.04. The minimum atomic E-state index is 0.660. The molecule has 0 radical (unpaired) electrons. The van der Waals surface area contributed by atoms with Gasteiger partial charge in [-0.2, -0.15) is 0 Å². The Bertz CT molecular complexity index is 467. The van der Waals surface area contributed by atoms with E-state index in [0.29, 0.717) is 6.04 Å². The van der Waals surface area contributed by atoms with Gasteiger partial charge in [-0.25, -0.2) is 4.98 Å².